The van der Waals surface area contributed by atoms with Gasteiger partial charge in [0.25, 0.3) is 0 Å². The molecule has 2 N–H and O–H groups in total. The zero-order valence-electron chi connectivity index (χ0n) is 12.2. The third-order valence-electron chi connectivity index (χ3n) is 4.12. The Morgan fingerprint density at radius 1 is 1.16 bits per heavy atom. The van der Waals surface area contributed by atoms with Crippen molar-refractivity contribution in [2.45, 2.75) is 64.1 Å². The third kappa shape index (κ3) is 3.76. The first-order valence-corrected chi connectivity index (χ1v) is 7.21. The van der Waals surface area contributed by atoms with Gasteiger partial charge in [-0.3, -0.25) is 19.8 Å². The summed E-state index contributed by atoms with van der Waals surface area (Å²) in [6, 6.07) is 0.200. The summed E-state index contributed by atoms with van der Waals surface area (Å²) in [5.41, 5.74) is 0.222. The molecular formula is C14H25N3O2. The van der Waals surface area contributed by atoms with Crippen LogP contribution in [-0.2, 0) is 9.59 Å². The zero-order chi connectivity index (χ0) is 14.0. The van der Waals surface area contributed by atoms with E-state index >= 15 is 0 Å². The molecule has 2 fully saturated rings. The molecule has 0 radical (unpaired) electrons. The second kappa shape index (κ2) is 5.59. The van der Waals surface area contributed by atoms with E-state index in [1.54, 1.807) is 0 Å². The number of hydrogen-bond donors (Lipinski definition) is 2. The van der Waals surface area contributed by atoms with Crippen LogP contribution in [-0.4, -0.2) is 47.4 Å². The van der Waals surface area contributed by atoms with E-state index in [0.29, 0.717) is 18.9 Å². The average molecular weight is 267 g/mol. The zero-order valence-corrected chi connectivity index (χ0v) is 12.2. The molecular weight excluding hydrogens is 242 g/mol. The molecule has 0 spiro atoms. The van der Waals surface area contributed by atoms with Crippen LogP contribution in [0, 0.1) is 0 Å². The van der Waals surface area contributed by atoms with Gasteiger partial charge >= 0.3 is 0 Å². The average Bonchev–Trinajstić information content (AvgIpc) is 2.32. The molecule has 5 nitrogen and oxygen atoms in total. The molecule has 2 rings (SSSR count). The fraction of sp³-hybridized carbons (Fsp3) is 0.857. The molecule has 2 aliphatic heterocycles. The molecule has 0 saturated carbocycles. The van der Waals surface area contributed by atoms with E-state index < -0.39 is 0 Å². The Labute approximate surface area is 115 Å². The summed E-state index contributed by atoms with van der Waals surface area (Å²) in [4.78, 5) is 25.3. The van der Waals surface area contributed by atoms with E-state index in [-0.39, 0.29) is 23.4 Å². The van der Waals surface area contributed by atoms with Crippen LogP contribution in [0.2, 0.25) is 0 Å². The predicted molar refractivity (Wildman–Crippen MR) is 73.7 cm³/mol. The van der Waals surface area contributed by atoms with Crippen molar-refractivity contribution in [3.63, 3.8) is 0 Å². The van der Waals surface area contributed by atoms with E-state index in [2.05, 4.69) is 36.3 Å². The standard InChI is InChI=1S/C14H25N3O2/c1-14(2,3)17-8-6-10(7-9-17)15-11-4-5-12(18)16-13(11)19/h10-11,15H,4-9H2,1-3H3,(H,16,18,19). The lowest BCUT2D eigenvalue weighted by molar-refractivity contribution is -0.135. The number of rotatable bonds is 2. The summed E-state index contributed by atoms with van der Waals surface area (Å²) >= 11 is 0. The normalized spacial score (nSPS) is 27.4. The van der Waals surface area contributed by atoms with Gasteiger partial charge in [0.15, 0.2) is 0 Å². The van der Waals surface area contributed by atoms with Gasteiger partial charge in [0.1, 0.15) is 0 Å². The summed E-state index contributed by atoms with van der Waals surface area (Å²) in [7, 11) is 0. The quantitative estimate of drug-likeness (QED) is 0.721. The first kappa shape index (κ1) is 14.5. The molecule has 0 aromatic carbocycles. The number of nitrogens with zero attached hydrogens (tertiary/aromatic N) is 1. The number of imide groups is 1. The number of piperidine rings is 2. The molecule has 2 aliphatic rings. The van der Waals surface area contributed by atoms with E-state index in [1.807, 2.05) is 0 Å². The maximum absolute atomic E-state index is 11.7. The lowest BCUT2D eigenvalue weighted by Crippen LogP contribution is -2.56. The van der Waals surface area contributed by atoms with Crippen molar-refractivity contribution < 1.29 is 9.59 Å². The predicted octanol–water partition coefficient (Wildman–Crippen LogP) is 0.644. The minimum atomic E-state index is -0.191. The Morgan fingerprint density at radius 2 is 1.79 bits per heavy atom. The van der Waals surface area contributed by atoms with Gasteiger partial charge in [0.05, 0.1) is 6.04 Å². The summed E-state index contributed by atoms with van der Waals surface area (Å²) in [5, 5.41) is 5.81. The van der Waals surface area contributed by atoms with E-state index in [1.165, 1.54) is 0 Å². The molecule has 5 heteroatoms. The molecule has 108 valence electrons. The Bertz CT molecular complexity index is 354. The summed E-state index contributed by atoms with van der Waals surface area (Å²) in [6.07, 6.45) is 3.21. The minimum absolute atomic E-state index is 0.148. The van der Waals surface area contributed by atoms with Gasteiger partial charge in [-0.15, -0.1) is 0 Å². The molecule has 19 heavy (non-hydrogen) atoms. The van der Waals surface area contributed by atoms with E-state index in [9.17, 15) is 9.59 Å². The van der Waals surface area contributed by atoms with Crippen LogP contribution in [0.15, 0.2) is 0 Å². The van der Waals surface area contributed by atoms with Crippen molar-refractivity contribution >= 4 is 11.8 Å². The lowest BCUT2D eigenvalue weighted by Gasteiger charge is -2.41. The summed E-state index contributed by atoms with van der Waals surface area (Å²) in [5.74, 6) is -0.305. The van der Waals surface area contributed by atoms with Gasteiger partial charge in [-0.1, -0.05) is 0 Å². The first-order chi connectivity index (χ1) is 8.86. The van der Waals surface area contributed by atoms with Gasteiger partial charge in [-0.05, 0) is 40.0 Å². The van der Waals surface area contributed by atoms with E-state index in [4.69, 9.17) is 0 Å². The Hall–Kier alpha value is -0.940. The highest BCUT2D eigenvalue weighted by molar-refractivity contribution is 6.00. The third-order valence-corrected chi connectivity index (χ3v) is 4.12. The van der Waals surface area contributed by atoms with Gasteiger partial charge in [0.2, 0.25) is 11.8 Å². The molecule has 0 aliphatic carbocycles. The first-order valence-electron chi connectivity index (χ1n) is 7.21. The van der Waals surface area contributed by atoms with Crippen LogP contribution in [0.5, 0.6) is 0 Å². The Balaban J connectivity index is 1.80. The lowest BCUT2D eigenvalue weighted by atomic mass is 9.96. The number of amides is 2. The van der Waals surface area contributed by atoms with Crippen molar-refractivity contribution in [1.82, 2.24) is 15.5 Å². The van der Waals surface area contributed by atoms with Crippen LogP contribution in [0.3, 0.4) is 0 Å². The van der Waals surface area contributed by atoms with Gasteiger partial charge in [-0.25, -0.2) is 0 Å². The fourth-order valence-corrected chi connectivity index (χ4v) is 2.85. The maximum atomic E-state index is 11.7. The highest BCUT2D eigenvalue weighted by Gasteiger charge is 2.31. The molecule has 2 heterocycles. The monoisotopic (exact) mass is 267 g/mol. The van der Waals surface area contributed by atoms with Crippen LogP contribution < -0.4 is 10.6 Å². The molecule has 0 bridgehead atoms. The smallest absolute Gasteiger partial charge is 0.243 e. The Kier molecular flexibility index (Phi) is 4.26. The highest BCUT2D eigenvalue weighted by atomic mass is 16.2. The number of nitrogens with one attached hydrogen (secondary N) is 2. The van der Waals surface area contributed by atoms with Crippen LogP contribution >= 0.6 is 0 Å². The van der Waals surface area contributed by atoms with Gasteiger partial charge in [-0.2, -0.15) is 0 Å². The summed E-state index contributed by atoms with van der Waals surface area (Å²) in [6.45, 7) is 8.84. The number of carbonyl (C=O) groups is 2. The largest absolute Gasteiger partial charge is 0.303 e. The van der Waals surface area contributed by atoms with Gasteiger partial charge < -0.3 is 5.32 Å². The molecule has 0 aromatic rings. The Morgan fingerprint density at radius 3 is 2.32 bits per heavy atom. The van der Waals surface area contributed by atoms with Crippen LogP contribution in [0.1, 0.15) is 46.5 Å². The minimum Gasteiger partial charge on any atom is -0.303 e. The van der Waals surface area contributed by atoms with Crippen molar-refractivity contribution in [1.29, 1.82) is 0 Å². The molecule has 2 saturated heterocycles. The van der Waals surface area contributed by atoms with Crippen molar-refractivity contribution in [3.8, 4) is 0 Å². The van der Waals surface area contributed by atoms with Crippen molar-refractivity contribution in [2.75, 3.05) is 13.1 Å². The van der Waals surface area contributed by atoms with Gasteiger partial charge in [0, 0.05) is 31.1 Å². The maximum Gasteiger partial charge on any atom is 0.243 e. The van der Waals surface area contributed by atoms with Crippen molar-refractivity contribution in [2.24, 2.45) is 0 Å². The van der Waals surface area contributed by atoms with Crippen LogP contribution in [0.25, 0.3) is 0 Å². The topological polar surface area (TPSA) is 61.4 Å². The molecule has 2 amide bonds. The number of likely N-dealkylation sites (tertiary alicyclic amines) is 1. The second-order valence-corrected chi connectivity index (χ2v) is 6.60. The highest BCUT2D eigenvalue weighted by Crippen LogP contribution is 2.20. The van der Waals surface area contributed by atoms with Crippen LogP contribution in [0.4, 0.5) is 0 Å². The number of hydrogen-bond acceptors (Lipinski definition) is 4. The molecule has 1 atom stereocenters. The molecule has 0 aromatic heterocycles. The SMILES string of the molecule is CC(C)(C)N1CCC(NC2CCC(=O)NC2=O)CC1. The number of carbonyl (C=O) groups excluding carboxylic acids is 2. The molecule has 1 unspecified atom stereocenters. The van der Waals surface area contributed by atoms with E-state index in [0.717, 1.165) is 25.9 Å². The second-order valence-electron chi connectivity index (χ2n) is 6.60. The summed E-state index contributed by atoms with van der Waals surface area (Å²) < 4.78 is 0. The fourth-order valence-electron chi connectivity index (χ4n) is 2.85. The van der Waals surface area contributed by atoms with Crippen molar-refractivity contribution in [3.05, 3.63) is 0 Å².